The first-order valence-corrected chi connectivity index (χ1v) is 5.51. The van der Waals surface area contributed by atoms with Gasteiger partial charge in [0.05, 0.1) is 12.0 Å². The summed E-state index contributed by atoms with van der Waals surface area (Å²) < 4.78 is 0. The van der Waals surface area contributed by atoms with Crippen molar-refractivity contribution in [1.82, 2.24) is 4.90 Å². The maximum absolute atomic E-state index is 11.4. The molecule has 0 aromatic rings. The molecule has 0 saturated carbocycles. The zero-order valence-corrected chi connectivity index (χ0v) is 9.67. The number of rotatable bonds is 5. The Morgan fingerprint density at radius 2 is 2.31 bits per heavy atom. The normalized spacial score (nSPS) is 11.8. The van der Waals surface area contributed by atoms with Gasteiger partial charge in [0.25, 0.3) is 0 Å². The van der Waals surface area contributed by atoms with E-state index in [1.165, 1.54) is 0 Å². The molecule has 13 heavy (non-hydrogen) atoms. The molecule has 0 aromatic carbocycles. The first-order chi connectivity index (χ1) is 6.15. The number of alkyl halides is 1. The van der Waals surface area contributed by atoms with Crippen molar-refractivity contribution in [1.29, 1.82) is 5.26 Å². The fourth-order valence-corrected chi connectivity index (χ4v) is 1.36. The Morgan fingerprint density at radius 1 is 1.69 bits per heavy atom. The molecular weight excluding hydrogens is 232 g/mol. The molecule has 1 unspecified atom stereocenters. The topological polar surface area (TPSA) is 44.1 Å². The predicted octanol–water partition coefficient (Wildman–Crippen LogP) is 1.78. The number of carbonyl (C=O) groups is 1. The van der Waals surface area contributed by atoms with Gasteiger partial charge in [-0.1, -0.05) is 15.9 Å². The minimum atomic E-state index is -0.0841. The number of nitriles is 1. The summed E-state index contributed by atoms with van der Waals surface area (Å²) in [5, 5.41) is 9.28. The zero-order valence-electron chi connectivity index (χ0n) is 8.09. The van der Waals surface area contributed by atoms with Gasteiger partial charge in [-0.2, -0.15) is 5.26 Å². The molecule has 0 heterocycles. The van der Waals surface area contributed by atoms with Crippen LogP contribution in [0.4, 0.5) is 0 Å². The highest BCUT2D eigenvalue weighted by atomic mass is 79.9. The molecule has 0 rings (SSSR count). The zero-order chi connectivity index (χ0) is 10.3. The van der Waals surface area contributed by atoms with E-state index in [2.05, 4.69) is 22.0 Å². The number of hydrogen-bond donors (Lipinski definition) is 0. The van der Waals surface area contributed by atoms with Crippen LogP contribution in [0.3, 0.4) is 0 Å². The van der Waals surface area contributed by atoms with Gasteiger partial charge in [0, 0.05) is 24.8 Å². The molecule has 3 nitrogen and oxygen atoms in total. The Labute approximate surface area is 87.8 Å². The average molecular weight is 247 g/mol. The van der Waals surface area contributed by atoms with Gasteiger partial charge in [0.15, 0.2) is 0 Å². The molecule has 0 bridgehead atoms. The van der Waals surface area contributed by atoms with E-state index in [-0.39, 0.29) is 11.8 Å². The first kappa shape index (κ1) is 12.4. The lowest BCUT2D eigenvalue weighted by Gasteiger charge is -2.21. The molecule has 0 spiro atoms. The third kappa shape index (κ3) is 4.89. The molecule has 4 heteroatoms. The molecule has 0 aliphatic heterocycles. The number of halogens is 1. The van der Waals surface area contributed by atoms with Crippen molar-refractivity contribution in [3.05, 3.63) is 0 Å². The standard InChI is InChI=1S/C9H15BrN2O/c1-3-12(7-8(2)6-11)9(13)4-5-10/h8H,3-5,7H2,1-2H3. The fourth-order valence-electron chi connectivity index (χ4n) is 1.02. The van der Waals surface area contributed by atoms with E-state index in [1.54, 1.807) is 4.90 Å². The highest BCUT2D eigenvalue weighted by Gasteiger charge is 2.13. The van der Waals surface area contributed by atoms with Gasteiger partial charge in [-0.25, -0.2) is 0 Å². The Balaban J connectivity index is 4.03. The van der Waals surface area contributed by atoms with Gasteiger partial charge in [-0.05, 0) is 13.8 Å². The van der Waals surface area contributed by atoms with E-state index in [4.69, 9.17) is 5.26 Å². The van der Waals surface area contributed by atoms with Crippen molar-refractivity contribution in [3.63, 3.8) is 0 Å². The third-order valence-corrected chi connectivity index (χ3v) is 2.15. The maximum atomic E-state index is 11.4. The summed E-state index contributed by atoms with van der Waals surface area (Å²) in [5.74, 6) is 0.0284. The second-order valence-electron chi connectivity index (χ2n) is 2.90. The van der Waals surface area contributed by atoms with Gasteiger partial charge < -0.3 is 4.90 Å². The predicted molar refractivity (Wildman–Crippen MR) is 55.4 cm³/mol. The van der Waals surface area contributed by atoms with Crippen LogP contribution in [0.5, 0.6) is 0 Å². The van der Waals surface area contributed by atoms with Crippen molar-refractivity contribution in [3.8, 4) is 6.07 Å². The Kier molecular flexibility index (Phi) is 6.61. The van der Waals surface area contributed by atoms with Gasteiger partial charge in [-0.15, -0.1) is 0 Å². The van der Waals surface area contributed by atoms with Crippen LogP contribution in [-0.4, -0.2) is 29.2 Å². The molecule has 74 valence electrons. The summed E-state index contributed by atoms with van der Waals surface area (Å²) in [6, 6.07) is 2.12. The van der Waals surface area contributed by atoms with E-state index >= 15 is 0 Å². The van der Waals surface area contributed by atoms with Crippen molar-refractivity contribution in [2.45, 2.75) is 20.3 Å². The Morgan fingerprint density at radius 3 is 2.69 bits per heavy atom. The second kappa shape index (κ2) is 6.90. The number of nitrogens with zero attached hydrogens (tertiary/aromatic N) is 2. The van der Waals surface area contributed by atoms with Crippen molar-refractivity contribution >= 4 is 21.8 Å². The summed E-state index contributed by atoms with van der Waals surface area (Å²) >= 11 is 3.22. The summed E-state index contributed by atoms with van der Waals surface area (Å²) in [5.41, 5.74) is 0. The van der Waals surface area contributed by atoms with Crippen LogP contribution >= 0.6 is 15.9 Å². The minimum Gasteiger partial charge on any atom is -0.342 e. The Hall–Kier alpha value is -0.560. The van der Waals surface area contributed by atoms with E-state index in [9.17, 15) is 4.79 Å². The van der Waals surface area contributed by atoms with Crippen LogP contribution in [0.1, 0.15) is 20.3 Å². The maximum Gasteiger partial charge on any atom is 0.223 e. The number of carbonyl (C=O) groups excluding carboxylic acids is 1. The van der Waals surface area contributed by atoms with Crippen LogP contribution in [0, 0.1) is 17.2 Å². The van der Waals surface area contributed by atoms with E-state index < -0.39 is 0 Å². The van der Waals surface area contributed by atoms with E-state index in [1.807, 2.05) is 13.8 Å². The van der Waals surface area contributed by atoms with Crippen molar-refractivity contribution < 1.29 is 4.79 Å². The van der Waals surface area contributed by atoms with E-state index in [0.29, 0.717) is 24.8 Å². The lowest BCUT2D eigenvalue weighted by Crippen LogP contribution is -2.34. The molecule has 0 N–H and O–H groups in total. The SMILES string of the molecule is CCN(CC(C)C#N)C(=O)CCBr. The molecule has 0 fully saturated rings. The second-order valence-corrected chi connectivity index (χ2v) is 3.69. The summed E-state index contributed by atoms with van der Waals surface area (Å²) in [6.07, 6.45) is 0.506. The minimum absolute atomic E-state index is 0.0841. The highest BCUT2D eigenvalue weighted by Crippen LogP contribution is 2.02. The molecule has 0 aliphatic carbocycles. The van der Waals surface area contributed by atoms with Crippen molar-refractivity contribution in [2.75, 3.05) is 18.4 Å². The third-order valence-electron chi connectivity index (χ3n) is 1.76. The van der Waals surface area contributed by atoms with Crippen molar-refractivity contribution in [2.24, 2.45) is 5.92 Å². The monoisotopic (exact) mass is 246 g/mol. The first-order valence-electron chi connectivity index (χ1n) is 4.39. The van der Waals surface area contributed by atoms with Crippen LogP contribution in [-0.2, 0) is 4.79 Å². The van der Waals surface area contributed by atoms with Gasteiger partial charge >= 0.3 is 0 Å². The van der Waals surface area contributed by atoms with Crippen LogP contribution < -0.4 is 0 Å². The largest absolute Gasteiger partial charge is 0.342 e. The molecular formula is C9H15BrN2O. The molecule has 0 aliphatic rings. The lowest BCUT2D eigenvalue weighted by atomic mass is 10.2. The quantitative estimate of drug-likeness (QED) is 0.695. The molecule has 0 radical (unpaired) electrons. The Bertz CT molecular complexity index is 200. The smallest absolute Gasteiger partial charge is 0.223 e. The van der Waals surface area contributed by atoms with Gasteiger partial charge in [0.1, 0.15) is 0 Å². The average Bonchev–Trinajstić information content (AvgIpc) is 2.14. The fraction of sp³-hybridized carbons (Fsp3) is 0.778. The van der Waals surface area contributed by atoms with Crippen LogP contribution in [0.15, 0.2) is 0 Å². The summed E-state index contributed by atoms with van der Waals surface area (Å²) in [6.45, 7) is 4.97. The van der Waals surface area contributed by atoms with Crippen LogP contribution in [0.25, 0.3) is 0 Å². The van der Waals surface area contributed by atoms with Gasteiger partial charge in [0.2, 0.25) is 5.91 Å². The molecule has 0 aromatic heterocycles. The molecule has 1 amide bonds. The molecule has 1 atom stereocenters. The van der Waals surface area contributed by atoms with E-state index in [0.717, 1.165) is 0 Å². The van der Waals surface area contributed by atoms with Crippen LogP contribution in [0.2, 0.25) is 0 Å². The number of amides is 1. The lowest BCUT2D eigenvalue weighted by molar-refractivity contribution is -0.130. The summed E-state index contributed by atoms with van der Waals surface area (Å²) in [7, 11) is 0. The number of hydrogen-bond acceptors (Lipinski definition) is 2. The summed E-state index contributed by atoms with van der Waals surface area (Å²) in [4.78, 5) is 13.1. The van der Waals surface area contributed by atoms with Gasteiger partial charge in [-0.3, -0.25) is 4.79 Å². The highest BCUT2D eigenvalue weighted by molar-refractivity contribution is 9.09. The molecule has 0 saturated heterocycles.